The summed E-state index contributed by atoms with van der Waals surface area (Å²) in [4.78, 5) is 28.4. The number of nitrogens with zero attached hydrogens (tertiary/aromatic N) is 3. The third-order valence-corrected chi connectivity index (χ3v) is 6.28. The lowest BCUT2D eigenvalue weighted by Gasteiger charge is -2.11. The van der Waals surface area contributed by atoms with Crippen LogP contribution in [0.25, 0.3) is 33.0 Å². The minimum absolute atomic E-state index is 0.213. The molecule has 0 bridgehead atoms. The Morgan fingerprint density at radius 1 is 0.613 bits per heavy atom. The normalized spacial score (nSPS) is 14.6. The van der Waals surface area contributed by atoms with Crippen molar-refractivity contribution in [3.05, 3.63) is 72.1 Å². The number of rotatable bonds is 5. The predicted octanol–water partition coefficient (Wildman–Crippen LogP) is 4.94. The second-order valence-corrected chi connectivity index (χ2v) is 7.80. The molecular weight excluding hydrogens is 386 g/mol. The molecule has 156 valence electrons. The van der Waals surface area contributed by atoms with Crippen LogP contribution in [0.1, 0.15) is 31.9 Å². The van der Waals surface area contributed by atoms with Gasteiger partial charge in [0.2, 0.25) is 0 Å². The molecule has 2 amide bonds. The van der Waals surface area contributed by atoms with Gasteiger partial charge in [0, 0.05) is 65.0 Å². The molecule has 2 aromatic carbocycles. The molecule has 4 aromatic rings. The average molecular weight is 412 g/mol. The first-order valence-electron chi connectivity index (χ1n) is 10.9. The van der Waals surface area contributed by atoms with E-state index in [9.17, 15) is 9.59 Å². The standard InChI is InChI=1S/C26H25N3O2/c1-4-27-15-19(17-11-7-9-13-21(17)27)23-24(26(31)29(6-3)25(23)30)20-16-28(5-2)22-14-10-8-12-18(20)22/h7-16H,4-6H2,1-3H3. The SMILES string of the molecule is CCN1C(=O)C(c2cn(CC)c3ccccc23)=C(c2cn(CC)c3ccccc23)C1=O. The molecule has 0 radical (unpaired) electrons. The number of benzene rings is 2. The molecular formula is C26H25N3O2. The smallest absolute Gasteiger partial charge is 0.262 e. The van der Waals surface area contributed by atoms with Crippen LogP contribution in [0.5, 0.6) is 0 Å². The van der Waals surface area contributed by atoms with Gasteiger partial charge in [-0.2, -0.15) is 0 Å². The second-order valence-electron chi connectivity index (χ2n) is 7.80. The van der Waals surface area contributed by atoms with Crippen LogP contribution >= 0.6 is 0 Å². The number of aromatic nitrogens is 2. The summed E-state index contributed by atoms with van der Waals surface area (Å²) in [6.07, 6.45) is 4.03. The van der Waals surface area contributed by atoms with Gasteiger partial charge in [-0.25, -0.2) is 0 Å². The Hall–Kier alpha value is -3.60. The fourth-order valence-electron chi connectivity index (χ4n) is 4.78. The monoisotopic (exact) mass is 411 g/mol. The molecule has 2 aromatic heterocycles. The fourth-order valence-corrected chi connectivity index (χ4v) is 4.78. The quantitative estimate of drug-likeness (QED) is 0.437. The lowest BCUT2D eigenvalue weighted by molar-refractivity contribution is -0.135. The zero-order valence-electron chi connectivity index (χ0n) is 18.1. The lowest BCUT2D eigenvalue weighted by Crippen LogP contribution is -2.31. The Kier molecular flexibility index (Phi) is 4.54. The first kappa shape index (κ1) is 19.4. The van der Waals surface area contributed by atoms with Crippen LogP contribution in [0.4, 0.5) is 0 Å². The summed E-state index contributed by atoms with van der Waals surface area (Å²) in [7, 11) is 0. The van der Waals surface area contributed by atoms with Crippen LogP contribution in [0, 0.1) is 0 Å². The molecule has 3 heterocycles. The first-order valence-corrected chi connectivity index (χ1v) is 10.9. The number of aryl methyl sites for hydroxylation is 2. The van der Waals surface area contributed by atoms with Gasteiger partial charge in [0.15, 0.2) is 0 Å². The Morgan fingerprint density at radius 3 is 1.42 bits per heavy atom. The van der Waals surface area contributed by atoms with E-state index in [0.29, 0.717) is 17.7 Å². The number of carbonyl (C=O) groups is 2. The summed E-state index contributed by atoms with van der Waals surface area (Å²) in [5, 5.41) is 1.99. The summed E-state index contributed by atoms with van der Waals surface area (Å²) in [5.41, 5.74) is 4.81. The molecule has 5 nitrogen and oxygen atoms in total. The number of hydrogen-bond donors (Lipinski definition) is 0. The van der Waals surface area contributed by atoms with Crippen LogP contribution in [-0.2, 0) is 22.7 Å². The van der Waals surface area contributed by atoms with Gasteiger partial charge in [0.1, 0.15) is 0 Å². The van der Waals surface area contributed by atoms with Gasteiger partial charge in [-0.3, -0.25) is 14.5 Å². The van der Waals surface area contributed by atoms with Crippen LogP contribution in [0.3, 0.4) is 0 Å². The molecule has 1 aliphatic heterocycles. The fraction of sp³-hybridized carbons (Fsp3) is 0.231. The molecule has 1 aliphatic rings. The molecule has 0 N–H and O–H groups in total. The van der Waals surface area contributed by atoms with Crippen LogP contribution < -0.4 is 0 Å². The number of amides is 2. The summed E-state index contributed by atoms with van der Waals surface area (Å²) < 4.78 is 4.27. The largest absolute Gasteiger partial charge is 0.347 e. The van der Waals surface area contributed by atoms with Gasteiger partial charge in [-0.15, -0.1) is 0 Å². The number of hydrogen-bond acceptors (Lipinski definition) is 2. The van der Waals surface area contributed by atoms with Gasteiger partial charge in [0.05, 0.1) is 11.1 Å². The van der Waals surface area contributed by atoms with E-state index >= 15 is 0 Å². The van der Waals surface area contributed by atoms with Gasteiger partial charge < -0.3 is 9.13 Å². The Balaban J connectivity index is 1.88. The van der Waals surface area contributed by atoms with Crippen molar-refractivity contribution >= 4 is 44.8 Å². The van der Waals surface area contributed by atoms with E-state index in [2.05, 4.69) is 35.1 Å². The minimum atomic E-state index is -0.213. The molecule has 0 aliphatic carbocycles. The molecule has 0 spiro atoms. The average Bonchev–Trinajstić information content (AvgIpc) is 3.43. The first-order chi connectivity index (χ1) is 15.1. The van der Waals surface area contributed by atoms with Crippen LogP contribution in [0.2, 0.25) is 0 Å². The number of carbonyl (C=O) groups excluding carboxylic acids is 2. The third kappa shape index (κ3) is 2.69. The highest BCUT2D eigenvalue weighted by Gasteiger charge is 2.40. The van der Waals surface area contributed by atoms with Crippen molar-refractivity contribution in [2.24, 2.45) is 0 Å². The molecule has 0 unspecified atom stereocenters. The van der Waals surface area contributed by atoms with Crippen molar-refractivity contribution < 1.29 is 9.59 Å². The molecule has 0 saturated carbocycles. The van der Waals surface area contributed by atoms with Crippen molar-refractivity contribution in [3.8, 4) is 0 Å². The number of likely N-dealkylation sites (N-methyl/N-ethyl adjacent to an activating group) is 1. The van der Waals surface area contributed by atoms with Crippen LogP contribution in [0.15, 0.2) is 60.9 Å². The van der Waals surface area contributed by atoms with E-state index in [1.807, 2.05) is 55.7 Å². The summed E-state index contributed by atoms with van der Waals surface area (Å²) in [5.74, 6) is -0.426. The van der Waals surface area contributed by atoms with Crippen molar-refractivity contribution in [2.45, 2.75) is 33.9 Å². The summed E-state index contributed by atoms with van der Waals surface area (Å²) in [6.45, 7) is 7.95. The van der Waals surface area contributed by atoms with Gasteiger partial charge in [0.25, 0.3) is 11.8 Å². The summed E-state index contributed by atoms with van der Waals surface area (Å²) >= 11 is 0. The van der Waals surface area contributed by atoms with Crippen molar-refractivity contribution in [3.63, 3.8) is 0 Å². The Bertz CT molecular complexity index is 1280. The molecule has 0 fully saturated rings. The highest BCUT2D eigenvalue weighted by atomic mass is 16.2. The van der Waals surface area contributed by atoms with Gasteiger partial charge in [-0.05, 0) is 32.9 Å². The van der Waals surface area contributed by atoms with E-state index in [-0.39, 0.29) is 11.8 Å². The zero-order chi connectivity index (χ0) is 21.7. The molecule has 5 heteroatoms. The third-order valence-electron chi connectivity index (χ3n) is 6.28. The Labute approximate surface area is 181 Å². The lowest BCUT2D eigenvalue weighted by atomic mass is 9.95. The van der Waals surface area contributed by atoms with Crippen molar-refractivity contribution in [1.82, 2.24) is 14.0 Å². The number of imide groups is 1. The maximum atomic E-state index is 13.5. The maximum Gasteiger partial charge on any atom is 0.262 e. The molecule has 0 atom stereocenters. The van der Waals surface area contributed by atoms with E-state index < -0.39 is 0 Å². The molecule has 5 rings (SSSR count). The van der Waals surface area contributed by atoms with Crippen molar-refractivity contribution in [2.75, 3.05) is 6.54 Å². The van der Waals surface area contributed by atoms with E-state index in [1.165, 1.54) is 4.90 Å². The number of fused-ring (bicyclic) bond motifs is 2. The van der Waals surface area contributed by atoms with E-state index in [4.69, 9.17) is 0 Å². The summed E-state index contributed by atoms with van der Waals surface area (Å²) in [6, 6.07) is 16.1. The zero-order valence-corrected chi connectivity index (χ0v) is 18.1. The van der Waals surface area contributed by atoms with Crippen LogP contribution in [-0.4, -0.2) is 32.4 Å². The molecule has 0 saturated heterocycles. The second kappa shape index (κ2) is 7.27. The number of para-hydroxylation sites is 2. The van der Waals surface area contributed by atoms with Gasteiger partial charge >= 0.3 is 0 Å². The molecule has 31 heavy (non-hydrogen) atoms. The predicted molar refractivity (Wildman–Crippen MR) is 124 cm³/mol. The maximum absolute atomic E-state index is 13.5. The van der Waals surface area contributed by atoms with E-state index in [1.54, 1.807) is 0 Å². The highest BCUT2D eigenvalue weighted by Crippen LogP contribution is 2.41. The van der Waals surface area contributed by atoms with E-state index in [0.717, 1.165) is 46.0 Å². The minimum Gasteiger partial charge on any atom is -0.347 e. The van der Waals surface area contributed by atoms with Crippen molar-refractivity contribution in [1.29, 1.82) is 0 Å². The Morgan fingerprint density at radius 2 is 1.03 bits per heavy atom. The highest BCUT2D eigenvalue weighted by molar-refractivity contribution is 6.50. The topological polar surface area (TPSA) is 47.2 Å². The van der Waals surface area contributed by atoms with Gasteiger partial charge in [-0.1, -0.05) is 36.4 Å².